The third-order valence-electron chi connectivity index (χ3n) is 6.66. The van der Waals surface area contributed by atoms with Crippen LogP contribution in [0.1, 0.15) is 44.7 Å². The fourth-order valence-corrected chi connectivity index (χ4v) is 5.96. The number of aromatic nitrogens is 2. The lowest BCUT2D eigenvalue weighted by Crippen LogP contribution is -2.41. The van der Waals surface area contributed by atoms with E-state index in [2.05, 4.69) is 5.10 Å². The van der Waals surface area contributed by atoms with Crippen molar-refractivity contribution in [1.29, 1.82) is 0 Å². The first-order chi connectivity index (χ1) is 19.0. The third kappa shape index (κ3) is 7.33. The van der Waals surface area contributed by atoms with Gasteiger partial charge < -0.3 is 19.1 Å². The van der Waals surface area contributed by atoms with Crippen LogP contribution in [-0.2, 0) is 34.4 Å². The minimum Gasteiger partial charge on any atom is -0.497 e. The molecule has 11 heteroatoms. The summed E-state index contributed by atoms with van der Waals surface area (Å²) in [5, 5.41) is 4.40. The molecule has 2 aromatic carbocycles. The Kier molecular flexibility index (Phi) is 9.05. The Balaban J connectivity index is 1.55. The van der Waals surface area contributed by atoms with Gasteiger partial charge in [-0.25, -0.2) is 13.2 Å². The summed E-state index contributed by atoms with van der Waals surface area (Å²) in [7, 11) is -0.787. The first-order valence-corrected chi connectivity index (χ1v) is 14.7. The first-order valence-electron chi connectivity index (χ1n) is 13.3. The fraction of sp³-hybridized carbons (Fsp3) is 0.448. The number of carbonyl (C=O) groups excluding carboxylic acids is 1. The second-order valence-electron chi connectivity index (χ2n) is 10.8. The number of benzene rings is 2. The van der Waals surface area contributed by atoms with Crippen LogP contribution in [0.4, 0.5) is 4.79 Å². The van der Waals surface area contributed by atoms with Crippen LogP contribution in [0.5, 0.6) is 11.5 Å². The number of amides is 1. The van der Waals surface area contributed by atoms with Gasteiger partial charge in [0.2, 0.25) is 0 Å². The summed E-state index contributed by atoms with van der Waals surface area (Å²) in [6.07, 6.45) is 2.94. The molecule has 0 spiro atoms. The number of methoxy groups -OCH3 is 2. The van der Waals surface area contributed by atoms with Gasteiger partial charge in [-0.05, 0) is 75.1 Å². The average molecular weight is 571 g/mol. The number of hydrogen-bond donors (Lipinski definition) is 0. The van der Waals surface area contributed by atoms with E-state index in [9.17, 15) is 13.2 Å². The largest absolute Gasteiger partial charge is 0.497 e. The molecule has 0 N–H and O–H groups in total. The molecular weight excluding hydrogens is 532 g/mol. The predicted octanol–water partition coefficient (Wildman–Crippen LogP) is 4.69. The maximum atomic E-state index is 13.9. The molecule has 1 aliphatic rings. The summed E-state index contributed by atoms with van der Waals surface area (Å²) in [6, 6.07) is 16.0. The van der Waals surface area contributed by atoms with E-state index in [4.69, 9.17) is 14.2 Å². The highest BCUT2D eigenvalue weighted by Crippen LogP contribution is 2.25. The van der Waals surface area contributed by atoms with Crippen molar-refractivity contribution in [3.63, 3.8) is 0 Å². The maximum absolute atomic E-state index is 13.9. The maximum Gasteiger partial charge on any atom is 0.410 e. The molecule has 1 atom stereocenters. The average Bonchev–Trinajstić information content (AvgIpc) is 3.59. The van der Waals surface area contributed by atoms with Crippen molar-refractivity contribution in [2.24, 2.45) is 0 Å². The Morgan fingerprint density at radius 3 is 2.00 bits per heavy atom. The molecule has 1 unspecified atom stereocenters. The Morgan fingerprint density at radius 2 is 1.50 bits per heavy atom. The SMILES string of the molecule is COc1ccc(CN(Cc2ccc(OC)cc2)S(=O)(=O)c2ccn(CC3CCCN3C(=O)OC(C)(C)C)n2)cc1. The molecule has 0 bridgehead atoms. The van der Waals surface area contributed by atoms with Gasteiger partial charge in [0.1, 0.15) is 17.1 Å². The number of sulfonamides is 1. The molecule has 1 saturated heterocycles. The van der Waals surface area contributed by atoms with Crippen LogP contribution in [0.25, 0.3) is 0 Å². The van der Waals surface area contributed by atoms with E-state index in [0.717, 1.165) is 24.0 Å². The lowest BCUT2D eigenvalue weighted by Gasteiger charge is -2.28. The van der Waals surface area contributed by atoms with E-state index < -0.39 is 15.6 Å². The minimum atomic E-state index is -3.96. The Labute approximate surface area is 236 Å². The molecule has 0 aliphatic carbocycles. The van der Waals surface area contributed by atoms with Gasteiger partial charge in [0.05, 0.1) is 26.8 Å². The van der Waals surface area contributed by atoms with Crippen LogP contribution in [0.15, 0.2) is 65.8 Å². The molecule has 1 fully saturated rings. The van der Waals surface area contributed by atoms with E-state index in [1.165, 1.54) is 10.4 Å². The molecule has 1 aliphatic heterocycles. The topological polar surface area (TPSA) is 103 Å². The Hall–Kier alpha value is -3.57. The highest BCUT2D eigenvalue weighted by atomic mass is 32.2. The summed E-state index contributed by atoms with van der Waals surface area (Å²) < 4.78 is 46.8. The highest BCUT2D eigenvalue weighted by Gasteiger charge is 2.33. The summed E-state index contributed by atoms with van der Waals surface area (Å²) in [5.41, 5.74) is 1.04. The van der Waals surface area contributed by atoms with Gasteiger partial charge in [-0.3, -0.25) is 4.68 Å². The van der Waals surface area contributed by atoms with Crippen molar-refractivity contribution in [1.82, 2.24) is 19.0 Å². The molecule has 4 rings (SSSR count). The van der Waals surface area contributed by atoms with E-state index in [1.54, 1.807) is 54.3 Å². The van der Waals surface area contributed by atoms with Crippen LogP contribution < -0.4 is 9.47 Å². The van der Waals surface area contributed by atoms with E-state index in [1.807, 2.05) is 45.0 Å². The zero-order chi connectivity index (χ0) is 28.9. The van der Waals surface area contributed by atoms with E-state index in [-0.39, 0.29) is 30.3 Å². The van der Waals surface area contributed by atoms with Gasteiger partial charge in [0.15, 0.2) is 5.03 Å². The van der Waals surface area contributed by atoms with Gasteiger partial charge >= 0.3 is 6.09 Å². The van der Waals surface area contributed by atoms with Gasteiger partial charge in [-0.1, -0.05) is 24.3 Å². The first kappa shape index (κ1) is 29.4. The molecule has 216 valence electrons. The van der Waals surface area contributed by atoms with Crippen LogP contribution >= 0.6 is 0 Å². The number of hydrogen-bond acceptors (Lipinski definition) is 7. The van der Waals surface area contributed by atoms with Crippen LogP contribution in [0.3, 0.4) is 0 Å². The molecular formula is C29H38N4O6S. The molecule has 10 nitrogen and oxygen atoms in total. The predicted molar refractivity (Wildman–Crippen MR) is 151 cm³/mol. The quantitative estimate of drug-likeness (QED) is 0.348. The fourth-order valence-electron chi connectivity index (χ4n) is 4.61. The highest BCUT2D eigenvalue weighted by molar-refractivity contribution is 7.89. The van der Waals surface area contributed by atoms with E-state index in [0.29, 0.717) is 24.6 Å². The number of nitrogens with zero attached hydrogens (tertiary/aromatic N) is 4. The van der Waals surface area contributed by atoms with Crippen molar-refractivity contribution >= 4 is 16.1 Å². The molecule has 40 heavy (non-hydrogen) atoms. The molecule has 2 heterocycles. The lowest BCUT2D eigenvalue weighted by atomic mass is 10.2. The molecule has 1 amide bonds. The molecule has 3 aromatic rings. The van der Waals surface area contributed by atoms with Gasteiger partial charge in [0, 0.05) is 25.8 Å². The number of likely N-dealkylation sites (tertiary alicyclic amines) is 1. The van der Waals surface area contributed by atoms with Crippen molar-refractivity contribution in [3.05, 3.63) is 71.9 Å². The molecule has 0 saturated carbocycles. The molecule has 0 radical (unpaired) electrons. The second-order valence-corrected chi connectivity index (χ2v) is 12.7. The second kappa shape index (κ2) is 12.3. The van der Waals surface area contributed by atoms with Gasteiger partial charge in [-0.2, -0.15) is 9.40 Å². The third-order valence-corrected chi connectivity index (χ3v) is 8.34. The number of rotatable bonds is 10. The number of carbonyl (C=O) groups is 1. The van der Waals surface area contributed by atoms with Gasteiger partial charge in [0.25, 0.3) is 10.0 Å². The standard InChI is InChI=1S/C29H38N4O6S/c1-29(2,3)39-28(34)33-17-6-7-24(33)21-31-18-16-27(30-31)40(35,36)32(19-22-8-12-25(37-4)13-9-22)20-23-10-14-26(38-5)15-11-23/h8-16,18,24H,6-7,17,19-21H2,1-5H3. The summed E-state index contributed by atoms with van der Waals surface area (Å²) >= 11 is 0. The van der Waals surface area contributed by atoms with Crippen molar-refractivity contribution < 1.29 is 27.4 Å². The molecule has 1 aromatic heterocycles. The van der Waals surface area contributed by atoms with Crippen LogP contribution in [-0.4, -0.2) is 65.9 Å². The number of ether oxygens (including phenoxy) is 3. The zero-order valence-corrected chi connectivity index (χ0v) is 24.6. The zero-order valence-electron chi connectivity index (χ0n) is 23.7. The summed E-state index contributed by atoms with van der Waals surface area (Å²) in [5.74, 6) is 1.39. The van der Waals surface area contributed by atoms with Gasteiger partial charge in [-0.15, -0.1) is 0 Å². The van der Waals surface area contributed by atoms with E-state index >= 15 is 0 Å². The van der Waals surface area contributed by atoms with Crippen LogP contribution in [0.2, 0.25) is 0 Å². The smallest absolute Gasteiger partial charge is 0.410 e. The summed E-state index contributed by atoms with van der Waals surface area (Å²) in [4.78, 5) is 14.4. The lowest BCUT2D eigenvalue weighted by molar-refractivity contribution is 0.0211. The van der Waals surface area contributed by atoms with Crippen molar-refractivity contribution in [2.45, 2.75) is 69.9 Å². The minimum absolute atomic E-state index is 0.0451. The monoisotopic (exact) mass is 570 g/mol. The Bertz CT molecular complexity index is 1330. The van der Waals surface area contributed by atoms with Crippen LogP contribution in [0, 0.1) is 0 Å². The summed E-state index contributed by atoms with van der Waals surface area (Å²) in [6.45, 7) is 6.80. The Morgan fingerprint density at radius 1 is 0.950 bits per heavy atom. The van der Waals surface area contributed by atoms with Crippen molar-refractivity contribution in [3.8, 4) is 11.5 Å². The van der Waals surface area contributed by atoms with Crippen molar-refractivity contribution in [2.75, 3.05) is 20.8 Å². The normalized spacial score (nSPS) is 15.8.